The predicted octanol–water partition coefficient (Wildman–Crippen LogP) is 1.73. The molecule has 1 aromatic carbocycles. The van der Waals surface area contributed by atoms with Gasteiger partial charge in [0.25, 0.3) is 0 Å². The minimum absolute atomic E-state index is 0.300. The first-order valence-corrected chi connectivity index (χ1v) is 6.29. The predicted molar refractivity (Wildman–Crippen MR) is 71.8 cm³/mol. The number of nitrogens with one attached hydrogen (secondary N) is 1. The summed E-state index contributed by atoms with van der Waals surface area (Å²) in [6.45, 7) is 8.03. The molecule has 94 valence electrons. The molecule has 0 saturated carbocycles. The first kappa shape index (κ1) is 12.4. The molecule has 1 aliphatic rings. The third-order valence-electron chi connectivity index (χ3n) is 3.26. The van der Waals surface area contributed by atoms with Gasteiger partial charge in [0, 0.05) is 25.3 Å². The smallest absolute Gasteiger partial charge is 0.0874 e. The number of aryl methyl sites for hydroxylation is 2. The van der Waals surface area contributed by atoms with Crippen molar-refractivity contribution in [2.45, 2.75) is 20.0 Å². The zero-order valence-electron chi connectivity index (χ0n) is 11.0. The molecule has 0 aliphatic carbocycles. The van der Waals surface area contributed by atoms with Crippen molar-refractivity contribution in [2.75, 3.05) is 38.2 Å². The van der Waals surface area contributed by atoms with Crippen LogP contribution >= 0.6 is 0 Å². The van der Waals surface area contributed by atoms with E-state index < -0.39 is 0 Å². The van der Waals surface area contributed by atoms with E-state index in [-0.39, 0.29) is 0 Å². The van der Waals surface area contributed by atoms with Crippen LogP contribution in [0.3, 0.4) is 0 Å². The van der Waals surface area contributed by atoms with Crippen LogP contribution in [0.4, 0.5) is 5.69 Å². The zero-order valence-corrected chi connectivity index (χ0v) is 11.0. The topological polar surface area (TPSA) is 24.5 Å². The first-order valence-electron chi connectivity index (χ1n) is 6.29. The van der Waals surface area contributed by atoms with Crippen molar-refractivity contribution >= 4 is 5.69 Å². The normalized spacial score (nSPS) is 20.6. The van der Waals surface area contributed by atoms with Gasteiger partial charge >= 0.3 is 0 Å². The van der Waals surface area contributed by atoms with Crippen molar-refractivity contribution in [3.8, 4) is 0 Å². The van der Waals surface area contributed by atoms with Crippen molar-refractivity contribution in [1.29, 1.82) is 0 Å². The molecule has 1 heterocycles. The summed E-state index contributed by atoms with van der Waals surface area (Å²) < 4.78 is 5.73. The Morgan fingerprint density at radius 2 is 2.24 bits per heavy atom. The number of benzene rings is 1. The Balaban J connectivity index is 2.10. The van der Waals surface area contributed by atoms with Crippen molar-refractivity contribution < 1.29 is 4.74 Å². The van der Waals surface area contributed by atoms with Crippen LogP contribution in [0.1, 0.15) is 11.1 Å². The lowest BCUT2D eigenvalue weighted by Gasteiger charge is -2.35. The second-order valence-corrected chi connectivity index (χ2v) is 4.79. The van der Waals surface area contributed by atoms with Gasteiger partial charge in [0.15, 0.2) is 0 Å². The van der Waals surface area contributed by atoms with Crippen LogP contribution in [0, 0.1) is 13.8 Å². The lowest BCUT2D eigenvalue weighted by Crippen LogP contribution is -2.46. The van der Waals surface area contributed by atoms with Crippen LogP contribution in [0.2, 0.25) is 0 Å². The number of hydrogen-bond acceptors (Lipinski definition) is 3. The molecule has 0 aromatic heterocycles. The number of morpholine rings is 1. The van der Waals surface area contributed by atoms with Gasteiger partial charge in [-0.3, -0.25) is 0 Å². The van der Waals surface area contributed by atoms with E-state index in [9.17, 15) is 0 Å². The SMILES string of the molecule is CNCC1CN(c2ccc(C)cc2C)CCO1. The molecule has 1 fully saturated rings. The Kier molecular flexibility index (Phi) is 4.02. The summed E-state index contributed by atoms with van der Waals surface area (Å²) in [5, 5.41) is 3.18. The van der Waals surface area contributed by atoms with Crippen LogP contribution in [0.15, 0.2) is 18.2 Å². The maximum absolute atomic E-state index is 5.73. The Bertz CT molecular complexity index is 376. The van der Waals surface area contributed by atoms with Gasteiger partial charge in [0.2, 0.25) is 0 Å². The summed E-state index contributed by atoms with van der Waals surface area (Å²) in [6, 6.07) is 6.66. The van der Waals surface area contributed by atoms with Gasteiger partial charge in [-0.05, 0) is 32.5 Å². The summed E-state index contributed by atoms with van der Waals surface area (Å²) in [5.74, 6) is 0. The molecule has 2 rings (SSSR count). The quantitative estimate of drug-likeness (QED) is 0.862. The highest BCUT2D eigenvalue weighted by Crippen LogP contribution is 2.23. The molecule has 1 saturated heterocycles. The van der Waals surface area contributed by atoms with Crippen molar-refractivity contribution in [1.82, 2.24) is 5.32 Å². The van der Waals surface area contributed by atoms with Crippen LogP contribution in [0.5, 0.6) is 0 Å². The van der Waals surface area contributed by atoms with E-state index in [1.165, 1.54) is 16.8 Å². The standard InChI is InChI=1S/C14H22N2O/c1-11-4-5-14(12(2)8-11)16-6-7-17-13(10-16)9-15-3/h4-5,8,13,15H,6-7,9-10H2,1-3H3. The summed E-state index contributed by atoms with van der Waals surface area (Å²) in [7, 11) is 1.97. The maximum Gasteiger partial charge on any atom is 0.0874 e. The minimum Gasteiger partial charge on any atom is -0.373 e. The molecular formula is C14H22N2O. The minimum atomic E-state index is 0.300. The van der Waals surface area contributed by atoms with E-state index in [1.807, 2.05) is 7.05 Å². The van der Waals surface area contributed by atoms with Crippen molar-refractivity contribution in [3.63, 3.8) is 0 Å². The van der Waals surface area contributed by atoms with Crippen LogP contribution in [-0.4, -0.2) is 39.4 Å². The largest absolute Gasteiger partial charge is 0.373 e. The number of anilines is 1. The van der Waals surface area contributed by atoms with Gasteiger partial charge in [0.05, 0.1) is 12.7 Å². The molecule has 0 radical (unpaired) electrons. The fourth-order valence-corrected chi connectivity index (χ4v) is 2.45. The summed E-state index contributed by atoms with van der Waals surface area (Å²) in [5.41, 5.74) is 4.03. The maximum atomic E-state index is 5.73. The van der Waals surface area contributed by atoms with E-state index in [1.54, 1.807) is 0 Å². The third-order valence-corrected chi connectivity index (χ3v) is 3.26. The number of hydrogen-bond donors (Lipinski definition) is 1. The first-order chi connectivity index (χ1) is 8.20. The Hall–Kier alpha value is -1.06. The van der Waals surface area contributed by atoms with E-state index in [0.717, 1.165) is 26.2 Å². The Morgan fingerprint density at radius 1 is 1.41 bits per heavy atom. The Labute approximate surface area is 104 Å². The molecule has 1 N–H and O–H groups in total. The molecule has 3 heteroatoms. The molecule has 3 nitrogen and oxygen atoms in total. The summed E-state index contributed by atoms with van der Waals surface area (Å²) >= 11 is 0. The highest BCUT2D eigenvalue weighted by atomic mass is 16.5. The van der Waals surface area contributed by atoms with Gasteiger partial charge in [-0.25, -0.2) is 0 Å². The highest BCUT2D eigenvalue weighted by molar-refractivity contribution is 5.54. The highest BCUT2D eigenvalue weighted by Gasteiger charge is 2.20. The average Bonchev–Trinajstić information content (AvgIpc) is 2.29. The van der Waals surface area contributed by atoms with E-state index >= 15 is 0 Å². The van der Waals surface area contributed by atoms with Gasteiger partial charge in [-0.2, -0.15) is 0 Å². The number of rotatable bonds is 3. The molecule has 1 aliphatic heterocycles. The third kappa shape index (κ3) is 2.99. The summed E-state index contributed by atoms with van der Waals surface area (Å²) in [4.78, 5) is 2.43. The second-order valence-electron chi connectivity index (χ2n) is 4.79. The van der Waals surface area contributed by atoms with Crippen LogP contribution in [0.25, 0.3) is 0 Å². The van der Waals surface area contributed by atoms with Crippen molar-refractivity contribution in [3.05, 3.63) is 29.3 Å². The van der Waals surface area contributed by atoms with Crippen molar-refractivity contribution in [2.24, 2.45) is 0 Å². The number of nitrogens with zero attached hydrogens (tertiary/aromatic N) is 1. The summed E-state index contributed by atoms with van der Waals surface area (Å²) in [6.07, 6.45) is 0.300. The molecule has 0 bridgehead atoms. The van der Waals surface area contributed by atoms with E-state index in [2.05, 4.69) is 42.3 Å². The molecular weight excluding hydrogens is 212 g/mol. The zero-order chi connectivity index (χ0) is 12.3. The lowest BCUT2D eigenvalue weighted by molar-refractivity contribution is 0.0421. The Morgan fingerprint density at radius 3 is 2.94 bits per heavy atom. The van der Waals surface area contributed by atoms with Gasteiger partial charge in [-0.1, -0.05) is 17.7 Å². The molecule has 1 atom stereocenters. The molecule has 0 amide bonds. The lowest BCUT2D eigenvalue weighted by atomic mass is 10.1. The van der Waals surface area contributed by atoms with Crippen LogP contribution in [-0.2, 0) is 4.74 Å². The van der Waals surface area contributed by atoms with Crippen LogP contribution < -0.4 is 10.2 Å². The van der Waals surface area contributed by atoms with E-state index in [4.69, 9.17) is 4.74 Å². The monoisotopic (exact) mass is 234 g/mol. The van der Waals surface area contributed by atoms with E-state index in [0.29, 0.717) is 6.10 Å². The van der Waals surface area contributed by atoms with Gasteiger partial charge < -0.3 is 15.0 Å². The fraction of sp³-hybridized carbons (Fsp3) is 0.571. The average molecular weight is 234 g/mol. The molecule has 1 aromatic rings. The fourth-order valence-electron chi connectivity index (χ4n) is 2.45. The second kappa shape index (κ2) is 5.52. The number of likely N-dealkylation sites (N-methyl/N-ethyl adjacent to an activating group) is 1. The van der Waals surface area contributed by atoms with Gasteiger partial charge in [-0.15, -0.1) is 0 Å². The molecule has 0 spiro atoms. The molecule has 17 heavy (non-hydrogen) atoms. The number of ether oxygens (including phenoxy) is 1. The van der Waals surface area contributed by atoms with Gasteiger partial charge in [0.1, 0.15) is 0 Å². The molecule has 1 unspecified atom stereocenters.